The topological polar surface area (TPSA) is 174 Å². The van der Waals surface area contributed by atoms with Crippen molar-refractivity contribution in [3.8, 4) is 6.07 Å². The molecule has 37 heavy (non-hydrogen) atoms. The van der Waals surface area contributed by atoms with Crippen LogP contribution in [0.5, 0.6) is 0 Å². The van der Waals surface area contributed by atoms with Crippen LogP contribution in [0.2, 0.25) is 0 Å². The molecule has 0 fully saturated rings. The summed E-state index contributed by atoms with van der Waals surface area (Å²) >= 11 is 0. The zero-order chi connectivity index (χ0) is 27.4. The van der Waals surface area contributed by atoms with E-state index in [0.29, 0.717) is 0 Å². The van der Waals surface area contributed by atoms with Crippen LogP contribution in [0, 0.1) is 17.1 Å². The molecule has 1 aliphatic heterocycles. The van der Waals surface area contributed by atoms with Crippen LogP contribution >= 0.6 is 0 Å². The van der Waals surface area contributed by atoms with Crippen LogP contribution < -0.4 is 10.6 Å². The molecule has 0 spiro atoms. The molecule has 0 bridgehead atoms. The molecule has 0 saturated heterocycles. The highest BCUT2D eigenvalue weighted by atomic mass is 32.2. The highest BCUT2D eigenvalue weighted by Gasteiger charge is 2.45. The normalized spacial score (nSPS) is 18.2. The van der Waals surface area contributed by atoms with Crippen molar-refractivity contribution >= 4 is 27.6 Å². The number of amidine groups is 1. The summed E-state index contributed by atoms with van der Waals surface area (Å²) in [4.78, 5) is 35.5. The van der Waals surface area contributed by atoms with Crippen molar-refractivity contribution in [2.45, 2.75) is 23.9 Å². The van der Waals surface area contributed by atoms with E-state index in [1.165, 1.54) is 30.5 Å². The van der Waals surface area contributed by atoms with Crippen molar-refractivity contribution in [1.29, 1.82) is 5.26 Å². The average Bonchev–Trinajstić information content (AvgIpc) is 2.85. The van der Waals surface area contributed by atoms with Gasteiger partial charge in [-0.2, -0.15) is 22.5 Å². The zero-order valence-corrected chi connectivity index (χ0v) is 19.2. The lowest BCUT2D eigenvalue weighted by molar-refractivity contribution is -0.120. The van der Waals surface area contributed by atoms with Gasteiger partial charge in [-0.05, 0) is 24.3 Å². The van der Waals surface area contributed by atoms with Gasteiger partial charge in [-0.15, -0.1) is 0 Å². The predicted molar refractivity (Wildman–Crippen MR) is 117 cm³/mol. The van der Waals surface area contributed by atoms with Crippen LogP contribution in [0.15, 0.2) is 59.0 Å². The number of halogens is 4. The molecule has 2 atom stereocenters. The van der Waals surface area contributed by atoms with Crippen molar-refractivity contribution in [3.05, 3.63) is 71.2 Å². The number of aliphatic imine (C=N–C) groups is 1. The second-order valence-electron chi connectivity index (χ2n) is 7.42. The highest BCUT2D eigenvalue weighted by Crippen LogP contribution is 2.27. The number of hydrogen-bond acceptors (Lipinski definition) is 8. The van der Waals surface area contributed by atoms with Crippen molar-refractivity contribution in [2.24, 2.45) is 4.99 Å². The predicted octanol–water partition coefficient (Wildman–Crippen LogP) is 0.967. The number of carbonyl (C=O) groups is 2. The molecule has 3 N–H and O–H groups in total. The van der Waals surface area contributed by atoms with E-state index in [9.17, 15) is 45.4 Å². The minimum atomic E-state index is -5.46. The number of nitrogens with one attached hydrogen (secondary N) is 2. The fraction of sp³-hybridized carbons (Fsp3) is 0.238. The molecule has 3 heterocycles. The SMILES string of the molecule is N#CC1=C(C(C(=O)NCc2ncccc2F)S(=O)(=O)O)NC(=NCC(F)(F)c2ccccn2)C(F)C1=O. The second kappa shape index (κ2) is 10.8. The number of rotatable bonds is 8. The summed E-state index contributed by atoms with van der Waals surface area (Å²) in [6, 6.07) is 7.07. The number of amides is 1. The molecular weight excluding hydrogens is 524 g/mol. The van der Waals surface area contributed by atoms with E-state index < -0.39 is 80.9 Å². The second-order valence-corrected chi connectivity index (χ2v) is 8.92. The third kappa shape index (κ3) is 6.13. The smallest absolute Gasteiger partial charge is 0.308 e. The number of alkyl halides is 3. The molecule has 1 amide bonds. The molecule has 2 aromatic rings. The molecular formula is C21H16F4N6O5S. The Kier molecular flexibility index (Phi) is 7.99. The quantitative estimate of drug-likeness (QED) is 0.325. The molecule has 16 heteroatoms. The average molecular weight is 540 g/mol. The van der Waals surface area contributed by atoms with Crippen LogP contribution in [0.3, 0.4) is 0 Å². The van der Waals surface area contributed by atoms with Gasteiger partial charge in [0.1, 0.15) is 35.5 Å². The number of ketones is 1. The van der Waals surface area contributed by atoms with E-state index in [4.69, 9.17) is 0 Å². The lowest BCUT2D eigenvalue weighted by Crippen LogP contribution is -2.52. The van der Waals surface area contributed by atoms with Crippen LogP contribution in [0.4, 0.5) is 17.6 Å². The van der Waals surface area contributed by atoms with Gasteiger partial charge in [-0.1, -0.05) is 6.07 Å². The van der Waals surface area contributed by atoms with Gasteiger partial charge >= 0.3 is 5.92 Å². The summed E-state index contributed by atoms with van der Waals surface area (Å²) < 4.78 is 91.1. The summed E-state index contributed by atoms with van der Waals surface area (Å²) in [6.07, 6.45) is -0.540. The van der Waals surface area contributed by atoms with Gasteiger partial charge in [-0.3, -0.25) is 29.1 Å². The number of hydrogen-bond donors (Lipinski definition) is 3. The maximum absolute atomic E-state index is 14.7. The van der Waals surface area contributed by atoms with E-state index in [-0.39, 0.29) is 5.69 Å². The maximum atomic E-state index is 14.7. The summed E-state index contributed by atoms with van der Waals surface area (Å²) in [7, 11) is -5.46. The number of nitriles is 1. The lowest BCUT2D eigenvalue weighted by atomic mass is 9.98. The fourth-order valence-electron chi connectivity index (χ4n) is 3.15. The Morgan fingerprint density at radius 1 is 1.27 bits per heavy atom. The molecule has 2 aromatic heterocycles. The van der Waals surface area contributed by atoms with Gasteiger partial charge in [0, 0.05) is 12.4 Å². The van der Waals surface area contributed by atoms with Gasteiger partial charge in [0.15, 0.2) is 0 Å². The Morgan fingerprint density at radius 3 is 2.57 bits per heavy atom. The molecule has 0 aliphatic carbocycles. The van der Waals surface area contributed by atoms with Crippen LogP contribution in [-0.4, -0.2) is 58.4 Å². The number of Topliss-reactive ketones (excluding diaryl/α,β-unsaturated/α-hetero) is 1. The van der Waals surface area contributed by atoms with E-state index in [2.05, 4.69) is 15.0 Å². The Labute approximate surface area is 206 Å². The number of nitrogens with zero attached hydrogens (tertiary/aromatic N) is 4. The van der Waals surface area contributed by atoms with Crippen molar-refractivity contribution in [2.75, 3.05) is 6.54 Å². The van der Waals surface area contributed by atoms with Crippen molar-refractivity contribution < 1.29 is 40.1 Å². The monoisotopic (exact) mass is 540 g/mol. The Balaban J connectivity index is 1.95. The summed E-state index contributed by atoms with van der Waals surface area (Å²) in [5.74, 6) is -8.99. The lowest BCUT2D eigenvalue weighted by Gasteiger charge is -2.26. The first-order valence-electron chi connectivity index (χ1n) is 10.1. The highest BCUT2D eigenvalue weighted by molar-refractivity contribution is 7.87. The van der Waals surface area contributed by atoms with Gasteiger partial charge in [0.25, 0.3) is 10.1 Å². The van der Waals surface area contributed by atoms with Crippen molar-refractivity contribution in [1.82, 2.24) is 20.6 Å². The molecule has 3 rings (SSSR count). The Hall–Kier alpha value is -4.23. The van der Waals surface area contributed by atoms with E-state index in [1.54, 1.807) is 0 Å². The van der Waals surface area contributed by atoms with Gasteiger partial charge in [-0.25, -0.2) is 8.78 Å². The fourth-order valence-corrected chi connectivity index (χ4v) is 3.98. The first kappa shape index (κ1) is 27.4. The first-order valence-corrected chi connectivity index (χ1v) is 11.6. The van der Waals surface area contributed by atoms with Gasteiger partial charge < -0.3 is 10.6 Å². The van der Waals surface area contributed by atoms with E-state index in [0.717, 1.165) is 18.3 Å². The molecule has 2 unspecified atom stereocenters. The Bertz CT molecular complexity index is 1430. The number of pyridine rings is 2. The zero-order valence-electron chi connectivity index (χ0n) is 18.4. The van der Waals surface area contributed by atoms with Gasteiger partial charge in [0.2, 0.25) is 23.1 Å². The molecule has 194 valence electrons. The van der Waals surface area contributed by atoms with Crippen LogP contribution in [0.1, 0.15) is 11.4 Å². The minimum Gasteiger partial charge on any atom is -0.349 e. The maximum Gasteiger partial charge on any atom is 0.308 e. The largest absolute Gasteiger partial charge is 0.349 e. The van der Waals surface area contributed by atoms with Crippen molar-refractivity contribution in [3.63, 3.8) is 0 Å². The minimum absolute atomic E-state index is 0.324. The molecule has 0 aromatic carbocycles. The first-order chi connectivity index (χ1) is 17.4. The van der Waals surface area contributed by atoms with E-state index in [1.807, 2.05) is 10.6 Å². The summed E-state index contributed by atoms with van der Waals surface area (Å²) in [6.45, 7) is -2.12. The molecule has 1 aliphatic rings. The number of aromatic nitrogens is 2. The number of allylic oxidation sites excluding steroid dienone is 1. The number of carbonyl (C=O) groups excluding carboxylic acids is 2. The molecule has 0 radical (unpaired) electrons. The van der Waals surface area contributed by atoms with E-state index >= 15 is 0 Å². The Morgan fingerprint density at radius 2 is 1.97 bits per heavy atom. The summed E-state index contributed by atoms with van der Waals surface area (Å²) in [5, 5.41) is 10.5. The molecule has 11 nitrogen and oxygen atoms in total. The molecule has 0 saturated carbocycles. The van der Waals surface area contributed by atoms with Crippen LogP contribution in [-0.2, 0) is 32.2 Å². The van der Waals surface area contributed by atoms with Gasteiger partial charge in [0.05, 0.1) is 17.9 Å². The third-order valence-electron chi connectivity index (χ3n) is 4.91. The standard InChI is InChI=1S/C21H16F4N6O5S/c22-12-4-3-7-27-13(12)9-29-20(33)18(37(34,35)36)16-11(8-26)17(32)15(23)19(31-16)30-10-21(24,25)14-5-1-2-6-28-14/h1-7,15,18H,9-10H2,(H,29,33)(H,30,31)(H,34,35,36). The van der Waals surface area contributed by atoms with Crippen LogP contribution in [0.25, 0.3) is 0 Å². The third-order valence-corrected chi connectivity index (χ3v) is 5.96. The summed E-state index contributed by atoms with van der Waals surface area (Å²) in [5.41, 5.74) is -3.38.